The van der Waals surface area contributed by atoms with Crippen molar-refractivity contribution in [2.75, 3.05) is 54.2 Å². The van der Waals surface area contributed by atoms with Crippen molar-refractivity contribution >= 4 is 107 Å². The van der Waals surface area contributed by atoms with Gasteiger partial charge < -0.3 is 53.2 Å². The maximum absolute atomic E-state index is 6.34. The van der Waals surface area contributed by atoms with Gasteiger partial charge in [0, 0.05) is 184 Å². The molecule has 4 aliphatic heterocycles. The van der Waals surface area contributed by atoms with Gasteiger partial charge in [0.15, 0.2) is 5.82 Å². The smallest absolute Gasteiger partial charge is 0.489 e. The molecule has 4 aliphatic rings. The molecule has 1 saturated heterocycles. The number of hydrogen-bond donors (Lipinski definition) is 3. The number of benzene rings is 6. The minimum absolute atomic E-state index is 0.239. The summed E-state index contributed by atoms with van der Waals surface area (Å²) in [6.45, 7) is 50.1. The van der Waals surface area contributed by atoms with Crippen LogP contribution in [0, 0.1) is 38.5 Å². The molecule has 0 amide bonds. The molecule has 0 aliphatic carbocycles. The van der Waals surface area contributed by atoms with Crippen LogP contribution in [0.1, 0.15) is 165 Å². The van der Waals surface area contributed by atoms with Gasteiger partial charge in [0.05, 0.1) is 65.2 Å². The Balaban J connectivity index is 0.000000129. The third kappa shape index (κ3) is 18.1. The maximum Gasteiger partial charge on any atom is 0.489 e. The molecule has 19 rings (SSSR count). The van der Waals surface area contributed by atoms with Gasteiger partial charge in [-0.25, -0.2) is 19.0 Å². The lowest BCUT2D eigenvalue weighted by Gasteiger charge is -2.32. The number of nitrogens with one attached hydrogen (secondary N) is 3. The number of nitrogens with zero attached hydrogens (tertiary/aromatic N) is 15. The third-order valence-electron chi connectivity index (χ3n) is 23.1. The second-order valence-corrected chi connectivity index (χ2v) is 37.9. The highest BCUT2D eigenvalue weighted by molar-refractivity contribution is 7.10. The van der Waals surface area contributed by atoms with E-state index in [0.29, 0.717) is 61.9 Å². The molecule has 13 heterocycles. The van der Waals surface area contributed by atoms with E-state index in [9.17, 15) is 0 Å². The Labute approximate surface area is 743 Å². The molecule has 0 atom stereocenters. The van der Waals surface area contributed by atoms with Gasteiger partial charge in [-0.2, -0.15) is 38.4 Å². The highest BCUT2D eigenvalue weighted by atomic mass is 35.5. The molecule has 0 spiro atoms. The number of fused-ring (bicyclic) bond motifs is 6. The number of ether oxygens (including phenoxy) is 3. The lowest BCUT2D eigenvalue weighted by Crippen LogP contribution is -2.41. The predicted molar refractivity (Wildman–Crippen MR) is 506 cm³/mol. The summed E-state index contributed by atoms with van der Waals surface area (Å²) in [5.74, 6) is 5.80. The van der Waals surface area contributed by atoms with E-state index < -0.39 is 0 Å². The van der Waals surface area contributed by atoms with Crippen molar-refractivity contribution in [1.29, 1.82) is 0 Å². The van der Waals surface area contributed by atoms with Crippen molar-refractivity contribution < 1.29 is 23.5 Å². The SMILES string of the molecule is C=C(C)B1OC(C)(C)C(C)(C)O1.C=C(C)c1nsc(N2CCc3nn(-c4c(C)cccc4OCC(C)C)c(-c4ccc5[nH]ccc5c4)c3C2)n1.Cc1cccc(OCC(C)C)c1-n1nc2c(c1-c1ccc3[nH]ccc3c1)CN(c1nc(C(C)C)ns1)CC2.Cc1cccc(OCC(C)C)c1-n1nc2c(c1-c1ccc3[nH]ccc3c1)CN(c1nc(Cl)ns1)CC2. The van der Waals surface area contributed by atoms with Crippen molar-refractivity contribution in [3.05, 3.63) is 232 Å². The summed E-state index contributed by atoms with van der Waals surface area (Å²) >= 11 is 10.3. The summed E-state index contributed by atoms with van der Waals surface area (Å²) in [5.41, 5.74) is 24.8. The highest BCUT2D eigenvalue weighted by Gasteiger charge is 2.51. The van der Waals surface area contributed by atoms with E-state index in [1.165, 1.54) is 67.4 Å². The van der Waals surface area contributed by atoms with Gasteiger partial charge in [-0.1, -0.05) is 122 Å². The van der Waals surface area contributed by atoms with Crippen LogP contribution in [0.2, 0.25) is 5.28 Å². The normalized spacial score (nSPS) is 14.7. The number of halogens is 1. The van der Waals surface area contributed by atoms with Crippen LogP contribution in [0.3, 0.4) is 0 Å². The van der Waals surface area contributed by atoms with Gasteiger partial charge in [0.2, 0.25) is 20.7 Å². The zero-order chi connectivity index (χ0) is 87.2. The molecule has 0 unspecified atom stereocenters. The molecular formula is C96H110BClN18O5S3. The quantitative estimate of drug-likeness (QED) is 0.0567. The molecule has 0 radical (unpaired) electrons. The van der Waals surface area contributed by atoms with E-state index >= 15 is 0 Å². The molecule has 23 nitrogen and oxygen atoms in total. The van der Waals surface area contributed by atoms with E-state index in [1.807, 2.05) is 72.3 Å². The van der Waals surface area contributed by atoms with Crippen molar-refractivity contribution in [1.82, 2.24) is 72.4 Å². The van der Waals surface area contributed by atoms with E-state index in [4.69, 9.17) is 60.4 Å². The average molecular weight is 1740 g/mol. The third-order valence-corrected chi connectivity index (χ3v) is 25.8. The number of aromatic amines is 3. The largest absolute Gasteiger partial charge is 0.491 e. The monoisotopic (exact) mass is 1740 g/mol. The predicted octanol–water partition coefficient (Wildman–Crippen LogP) is 22.3. The number of anilines is 3. The van der Waals surface area contributed by atoms with Crippen molar-refractivity contribution in [2.45, 2.75) is 174 Å². The van der Waals surface area contributed by atoms with Crippen LogP contribution in [0.25, 0.3) is 89.1 Å². The number of aryl methyl sites for hydroxylation is 3. The van der Waals surface area contributed by atoms with Gasteiger partial charge in [-0.15, -0.1) is 6.58 Å². The van der Waals surface area contributed by atoms with Crippen LogP contribution in [0.5, 0.6) is 17.2 Å². The first-order valence-electron chi connectivity index (χ1n) is 42.8. The van der Waals surface area contributed by atoms with Gasteiger partial charge in [-0.05, 0) is 187 Å². The van der Waals surface area contributed by atoms with E-state index in [2.05, 4.69) is 266 Å². The van der Waals surface area contributed by atoms with Crippen LogP contribution in [0.4, 0.5) is 15.4 Å². The summed E-state index contributed by atoms with van der Waals surface area (Å²) in [6.07, 6.45) is 8.44. The second-order valence-electron chi connectivity index (χ2n) is 35.3. The van der Waals surface area contributed by atoms with Gasteiger partial charge in [-0.3, -0.25) is 0 Å². The molecule has 28 heteroatoms. The van der Waals surface area contributed by atoms with Crippen LogP contribution in [-0.2, 0) is 48.2 Å². The van der Waals surface area contributed by atoms with Crippen molar-refractivity contribution in [3.8, 4) is 68.1 Å². The number of rotatable bonds is 21. The topological polar surface area (TPSA) is 234 Å². The van der Waals surface area contributed by atoms with Gasteiger partial charge in [0.25, 0.3) is 0 Å². The molecule has 6 aromatic carbocycles. The Morgan fingerprint density at radius 2 is 0.831 bits per heavy atom. The Hall–Kier alpha value is -11.2. The lowest BCUT2D eigenvalue weighted by atomic mass is 9.81. The zero-order valence-electron chi connectivity index (χ0n) is 74.0. The molecule has 642 valence electrons. The summed E-state index contributed by atoms with van der Waals surface area (Å²) in [4.78, 5) is 30.9. The van der Waals surface area contributed by atoms with Crippen molar-refractivity contribution in [3.63, 3.8) is 0 Å². The highest BCUT2D eigenvalue weighted by Crippen LogP contribution is 2.45. The number of H-pyrrole nitrogens is 3. The average Bonchev–Trinajstić information content (AvgIpc) is 1.60. The Morgan fingerprint density at radius 1 is 0.476 bits per heavy atom. The van der Waals surface area contributed by atoms with Crippen LogP contribution >= 0.6 is 46.2 Å². The first-order valence-corrected chi connectivity index (χ1v) is 45.5. The van der Waals surface area contributed by atoms with Crippen molar-refractivity contribution in [2.24, 2.45) is 17.8 Å². The summed E-state index contributed by atoms with van der Waals surface area (Å²) < 4.78 is 50.0. The summed E-state index contributed by atoms with van der Waals surface area (Å²) in [5, 5.41) is 22.2. The zero-order valence-corrected chi connectivity index (χ0v) is 77.2. The Morgan fingerprint density at radius 3 is 1.15 bits per heavy atom. The fraction of sp³-hybridized carbons (Fsp3) is 0.365. The molecule has 1 fully saturated rings. The first-order chi connectivity index (χ1) is 59.5. The minimum Gasteiger partial charge on any atom is -0.491 e. The Bertz CT molecular complexity index is 6370. The molecule has 0 saturated carbocycles. The van der Waals surface area contributed by atoms with Crippen LogP contribution in [0.15, 0.2) is 165 Å². The fourth-order valence-corrected chi connectivity index (χ4v) is 18.3. The van der Waals surface area contributed by atoms with Gasteiger partial charge >= 0.3 is 7.12 Å². The number of hydrogen-bond acceptors (Lipinski definition) is 20. The molecular weight excluding hydrogens is 1630 g/mol. The number of para-hydroxylation sites is 3. The molecule has 124 heavy (non-hydrogen) atoms. The molecule has 15 aromatic rings. The van der Waals surface area contributed by atoms with E-state index in [0.717, 1.165) is 202 Å². The van der Waals surface area contributed by atoms with Crippen LogP contribution in [-0.4, -0.2) is 130 Å². The van der Waals surface area contributed by atoms with Crippen LogP contribution < -0.4 is 28.9 Å². The first kappa shape index (κ1) is 86.3. The fourth-order valence-electron chi connectivity index (χ4n) is 15.9. The summed E-state index contributed by atoms with van der Waals surface area (Å²) in [7, 11) is -0.241. The molecule has 0 bridgehead atoms. The van der Waals surface area contributed by atoms with E-state index in [-0.39, 0.29) is 18.3 Å². The molecule has 9 aromatic heterocycles. The number of allylic oxidation sites excluding steroid dienone is 2. The van der Waals surface area contributed by atoms with E-state index in [1.54, 1.807) is 0 Å². The summed E-state index contributed by atoms with van der Waals surface area (Å²) in [6, 6.07) is 44.8. The van der Waals surface area contributed by atoms with Gasteiger partial charge in [0.1, 0.15) is 40.1 Å². The Kier molecular flexibility index (Phi) is 25.2. The maximum atomic E-state index is 6.34. The lowest BCUT2D eigenvalue weighted by molar-refractivity contribution is 0.00578. The standard InChI is InChI=1S/C30H34N6OS.C30H32N6OS.C27H27ClN6OS.C9H17BO2/c2*1-18(2)17-37-26-8-6-7-20(5)27(26)36-28(22-9-10-24-21(15-22)11-13-31-24)23-16-35(14-12-25(23)33-36)30-32-29(19(3)4)34-38-30;1-16(2)15-35-23-6-4-5-17(3)24(23)34-25(19-7-8-21-18(13-19)9-11-29-21)20-14-33(12-10-22(20)31-34)27-30-26(28)32-36-27;1-7(2)10-11-8(3,4)9(5,6)12-10/h6-11,13,15,18-19,31H,12,14,16-17H2,1-5H3;6-11,13,15,18,31H,3,12,14,16-17H2,1-2,4-5H3;4-9,11,13,16,29H,10,12,14-15H2,1-3H3;1H2,2-6H3. The second kappa shape index (κ2) is 36.2. The number of aromatic nitrogens is 15. The minimum atomic E-state index is -0.241. The molecule has 3 N–H and O–H groups in total.